The molecule has 1 atom stereocenters. The zero-order valence-electron chi connectivity index (χ0n) is 20.1. The van der Waals surface area contributed by atoms with E-state index >= 15 is 0 Å². The molecule has 0 aliphatic heterocycles. The van der Waals surface area contributed by atoms with Gasteiger partial charge in [0.15, 0.2) is 0 Å². The number of aryl methyl sites for hydroxylation is 1. The van der Waals surface area contributed by atoms with E-state index in [9.17, 15) is 18.0 Å². The summed E-state index contributed by atoms with van der Waals surface area (Å²) in [5.74, 6) is -0.946. The van der Waals surface area contributed by atoms with E-state index in [0.29, 0.717) is 5.02 Å². The molecule has 7 nitrogen and oxygen atoms in total. The number of anilines is 1. The van der Waals surface area contributed by atoms with Crippen molar-refractivity contribution >= 4 is 50.7 Å². The molecule has 0 spiro atoms. The van der Waals surface area contributed by atoms with Crippen LogP contribution in [0.3, 0.4) is 0 Å². The number of amides is 2. The molecule has 0 radical (unpaired) electrons. The first-order chi connectivity index (χ1) is 17.1. The Bertz CT molecular complexity index is 1350. The average molecular weight is 548 g/mol. The zero-order chi connectivity index (χ0) is 26.5. The quantitative estimate of drug-likeness (QED) is 0.422. The maximum Gasteiger partial charge on any atom is 0.264 e. The van der Waals surface area contributed by atoms with E-state index in [1.165, 1.54) is 42.3 Å². The molecule has 1 N–H and O–H groups in total. The Morgan fingerprint density at radius 3 is 2.22 bits per heavy atom. The highest BCUT2D eigenvalue weighted by Gasteiger charge is 2.33. The predicted molar refractivity (Wildman–Crippen MR) is 143 cm³/mol. The van der Waals surface area contributed by atoms with Crippen LogP contribution in [-0.4, -0.2) is 44.8 Å². The Morgan fingerprint density at radius 2 is 1.61 bits per heavy atom. The number of nitrogens with zero attached hydrogens (tertiary/aromatic N) is 2. The molecule has 1 unspecified atom stereocenters. The average Bonchev–Trinajstić information content (AvgIpc) is 2.86. The molecular weight excluding hydrogens is 521 g/mol. The van der Waals surface area contributed by atoms with Gasteiger partial charge in [-0.25, -0.2) is 8.42 Å². The number of carbonyl (C=O) groups excluding carboxylic acids is 2. The van der Waals surface area contributed by atoms with Crippen molar-refractivity contribution in [1.82, 2.24) is 10.2 Å². The van der Waals surface area contributed by atoms with Crippen LogP contribution in [0.2, 0.25) is 10.0 Å². The molecule has 0 aliphatic carbocycles. The van der Waals surface area contributed by atoms with Crippen LogP contribution < -0.4 is 9.62 Å². The van der Waals surface area contributed by atoms with E-state index in [4.69, 9.17) is 23.2 Å². The van der Waals surface area contributed by atoms with Crippen LogP contribution in [0, 0.1) is 6.92 Å². The van der Waals surface area contributed by atoms with Gasteiger partial charge in [-0.2, -0.15) is 0 Å². The Labute approximate surface area is 221 Å². The van der Waals surface area contributed by atoms with Crippen LogP contribution >= 0.6 is 23.2 Å². The first-order valence-corrected chi connectivity index (χ1v) is 13.3. The Morgan fingerprint density at radius 1 is 0.972 bits per heavy atom. The number of hydrogen-bond acceptors (Lipinski definition) is 4. The molecule has 0 aromatic heterocycles. The minimum Gasteiger partial charge on any atom is -0.357 e. The van der Waals surface area contributed by atoms with Crippen molar-refractivity contribution < 1.29 is 18.0 Å². The Hall–Kier alpha value is -3.07. The fraction of sp³-hybridized carbons (Fsp3) is 0.231. The van der Waals surface area contributed by atoms with Crippen molar-refractivity contribution in [2.75, 3.05) is 17.9 Å². The van der Waals surface area contributed by atoms with Crippen LogP contribution in [0.25, 0.3) is 0 Å². The fourth-order valence-electron chi connectivity index (χ4n) is 3.68. The molecular formula is C26H27Cl2N3O4S. The lowest BCUT2D eigenvalue weighted by molar-refractivity contribution is -0.139. The van der Waals surface area contributed by atoms with E-state index in [0.717, 1.165) is 15.4 Å². The monoisotopic (exact) mass is 547 g/mol. The first-order valence-electron chi connectivity index (χ1n) is 11.1. The van der Waals surface area contributed by atoms with Gasteiger partial charge in [-0.3, -0.25) is 13.9 Å². The highest BCUT2D eigenvalue weighted by molar-refractivity contribution is 7.92. The molecule has 36 heavy (non-hydrogen) atoms. The van der Waals surface area contributed by atoms with Gasteiger partial charge in [0.1, 0.15) is 12.6 Å². The fourth-order valence-corrected chi connectivity index (χ4v) is 5.69. The van der Waals surface area contributed by atoms with Crippen molar-refractivity contribution in [3.63, 3.8) is 0 Å². The van der Waals surface area contributed by atoms with Crippen LogP contribution in [0.4, 0.5) is 5.69 Å². The van der Waals surface area contributed by atoms with E-state index < -0.39 is 28.5 Å². The maximum absolute atomic E-state index is 13.7. The molecule has 0 aliphatic rings. The van der Waals surface area contributed by atoms with E-state index in [-0.39, 0.29) is 28.1 Å². The number of benzene rings is 3. The van der Waals surface area contributed by atoms with E-state index in [2.05, 4.69) is 5.32 Å². The zero-order valence-corrected chi connectivity index (χ0v) is 22.4. The van der Waals surface area contributed by atoms with Crippen LogP contribution in [0.15, 0.2) is 77.7 Å². The Kier molecular flexibility index (Phi) is 9.00. The standard InChI is InChI=1S/C26H27Cl2N3O4S/c1-18-9-7-8-10-20(18)16-30(19(2)26(33)29-3)25(32)17-31(24-14-13-21(27)15-23(24)28)36(34,35)22-11-5-4-6-12-22/h4-15,19H,16-17H2,1-3H3,(H,29,33). The van der Waals surface area contributed by atoms with Crippen LogP contribution in [0.5, 0.6) is 0 Å². The highest BCUT2D eigenvalue weighted by Crippen LogP contribution is 2.33. The summed E-state index contributed by atoms with van der Waals surface area (Å²) in [6.45, 7) is 3.04. The summed E-state index contributed by atoms with van der Waals surface area (Å²) in [6.07, 6.45) is 0. The maximum atomic E-state index is 13.7. The van der Waals surface area contributed by atoms with Gasteiger partial charge in [-0.15, -0.1) is 0 Å². The van der Waals surface area contributed by atoms with Crippen LogP contribution in [0.1, 0.15) is 18.1 Å². The summed E-state index contributed by atoms with van der Waals surface area (Å²) in [6, 6.07) is 18.7. The summed E-state index contributed by atoms with van der Waals surface area (Å²) >= 11 is 12.4. The van der Waals surface area contributed by atoms with Gasteiger partial charge in [-0.1, -0.05) is 65.7 Å². The molecule has 0 heterocycles. The van der Waals surface area contributed by atoms with E-state index in [1.54, 1.807) is 25.1 Å². The van der Waals surface area contributed by atoms with Gasteiger partial charge in [0, 0.05) is 18.6 Å². The van der Waals surface area contributed by atoms with Gasteiger partial charge in [0.25, 0.3) is 10.0 Å². The second kappa shape index (κ2) is 11.8. The molecule has 0 saturated carbocycles. The number of sulfonamides is 1. The summed E-state index contributed by atoms with van der Waals surface area (Å²) < 4.78 is 28.3. The van der Waals surface area contributed by atoms with Crippen molar-refractivity contribution in [2.45, 2.75) is 31.3 Å². The molecule has 0 fully saturated rings. The largest absolute Gasteiger partial charge is 0.357 e. The van der Waals surface area contributed by atoms with Gasteiger partial charge in [0.05, 0.1) is 15.6 Å². The minimum atomic E-state index is -4.19. The second-order valence-corrected chi connectivity index (χ2v) is 10.9. The molecule has 0 saturated heterocycles. The van der Waals surface area contributed by atoms with Crippen molar-refractivity contribution in [2.24, 2.45) is 0 Å². The topological polar surface area (TPSA) is 86.8 Å². The van der Waals surface area contributed by atoms with Gasteiger partial charge >= 0.3 is 0 Å². The Balaban J connectivity index is 2.07. The van der Waals surface area contributed by atoms with Crippen molar-refractivity contribution in [3.05, 3.63) is 94.0 Å². The van der Waals surface area contributed by atoms with Gasteiger partial charge in [-0.05, 0) is 55.3 Å². The summed E-state index contributed by atoms with van der Waals surface area (Å²) in [7, 11) is -2.71. The second-order valence-electron chi connectivity index (χ2n) is 8.16. The number of halogens is 2. The highest BCUT2D eigenvalue weighted by atomic mass is 35.5. The first kappa shape index (κ1) is 27.5. The molecule has 3 aromatic rings. The molecule has 3 rings (SSSR count). The predicted octanol–water partition coefficient (Wildman–Crippen LogP) is 4.66. The third-order valence-electron chi connectivity index (χ3n) is 5.80. The number of carbonyl (C=O) groups is 2. The summed E-state index contributed by atoms with van der Waals surface area (Å²) in [5, 5.41) is 2.95. The lowest BCUT2D eigenvalue weighted by Crippen LogP contribution is -2.50. The van der Waals surface area contributed by atoms with Crippen LogP contribution in [-0.2, 0) is 26.2 Å². The summed E-state index contributed by atoms with van der Waals surface area (Å²) in [4.78, 5) is 27.6. The van der Waals surface area contributed by atoms with E-state index in [1.807, 2.05) is 31.2 Å². The van der Waals surface area contributed by atoms with Crippen molar-refractivity contribution in [1.29, 1.82) is 0 Å². The van der Waals surface area contributed by atoms with Gasteiger partial charge in [0.2, 0.25) is 11.8 Å². The molecule has 10 heteroatoms. The smallest absolute Gasteiger partial charge is 0.264 e. The lowest BCUT2D eigenvalue weighted by Gasteiger charge is -2.32. The number of nitrogens with one attached hydrogen (secondary N) is 1. The molecule has 190 valence electrons. The number of rotatable bonds is 9. The number of hydrogen-bond donors (Lipinski definition) is 1. The minimum absolute atomic E-state index is 0.00591. The van der Waals surface area contributed by atoms with Gasteiger partial charge < -0.3 is 10.2 Å². The molecule has 3 aromatic carbocycles. The molecule has 2 amide bonds. The summed E-state index contributed by atoms with van der Waals surface area (Å²) in [5.41, 5.74) is 1.87. The molecule has 0 bridgehead atoms. The third-order valence-corrected chi connectivity index (χ3v) is 8.12. The lowest BCUT2D eigenvalue weighted by atomic mass is 10.1. The third kappa shape index (κ3) is 6.19. The van der Waals surface area contributed by atoms with Crippen molar-refractivity contribution in [3.8, 4) is 0 Å². The number of likely N-dealkylation sites (N-methyl/N-ethyl adjacent to an activating group) is 1. The SMILES string of the molecule is CNC(=O)C(C)N(Cc1ccccc1C)C(=O)CN(c1ccc(Cl)cc1Cl)S(=O)(=O)c1ccccc1. The normalized spacial score (nSPS) is 12.0.